The number of piperazine rings is 1. The van der Waals surface area contributed by atoms with Crippen molar-refractivity contribution in [2.75, 3.05) is 25.1 Å². The van der Waals surface area contributed by atoms with Gasteiger partial charge in [-0.25, -0.2) is 14.5 Å². The molecule has 0 radical (unpaired) electrons. The normalized spacial score (nSPS) is 21.2. The van der Waals surface area contributed by atoms with Crippen LogP contribution in [0.5, 0.6) is 5.88 Å². The smallest absolute Gasteiger partial charge is 0.212 e. The fraction of sp³-hybridized carbons (Fsp3) is 0.276. The van der Waals surface area contributed by atoms with Gasteiger partial charge in [0.1, 0.15) is 11.9 Å². The summed E-state index contributed by atoms with van der Waals surface area (Å²) in [4.78, 5) is 13.1. The fourth-order valence-electron chi connectivity index (χ4n) is 5.48. The molecule has 5 aromatic heterocycles. The monoisotopic (exact) mass is 522 g/mol. The highest BCUT2D eigenvalue weighted by atomic mass is 16.5. The number of hydrogen-bond donors (Lipinski definition) is 0. The minimum atomic E-state index is -2.40. The fourth-order valence-corrected chi connectivity index (χ4v) is 5.48. The summed E-state index contributed by atoms with van der Waals surface area (Å²) in [5.74, 6) is 1.23. The second-order valence-corrected chi connectivity index (χ2v) is 9.74. The zero-order chi connectivity index (χ0) is 30.8. The Morgan fingerprint density at radius 3 is 2.62 bits per heavy atom. The molecule has 8 rings (SSSR count). The maximum Gasteiger partial charge on any atom is 0.212 e. The summed E-state index contributed by atoms with van der Waals surface area (Å²) in [7, 11) is 1.53. The van der Waals surface area contributed by atoms with Crippen molar-refractivity contribution < 1.29 is 11.6 Å². The number of nitriles is 1. The maximum atomic E-state index is 9.75. The Balaban J connectivity index is 1.15. The zero-order valence-corrected chi connectivity index (χ0v) is 21.1. The molecule has 8 heterocycles. The number of hydrogen-bond acceptors (Lipinski definition) is 8. The quantitative estimate of drug-likeness (QED) is 0.334. The van der Waals surface area contributed by atoms with Gasteiger partial charge in [0.25, 0.3) is 0 Å². The number of fused-ring (bicyclic) bond motifs is 3. The molecule has 0 aromatic carbocycles. The lowest BCUT2D eigenvalue weighted by Crippen LogP contribution is -2.68. The van der Waals surface area contributed by atoms with Crippen LogP contribution in [0.3, 0.4) is 0 Å². The van der Waals surface area contributed by atoms with Gasteiger partial charge in [-0.3, -0.25) is 9.58 Å². The predicted molar refractivity (Wildman–Crippen MR) is 146 cm³/mol. The van der Waals surface area contributed by atoms with Crippen molar-refractivity contribution in [2.45, 2.75) is 25.0 Å². The Labute approximate surface area is 232 Å². The van der Waals surface area contributed by atoms with Crippen molar-refractivity contribution in [3.05, 3.63) is 78.6 Å². The molecule has 2 bridgehead atoms. The number of piperidine rings is 1. The summed E-state index contributed by atoms with van der Waals surface area (Å²) in [5, 5.41) is 18.1. The molecular weight excluding hydrogens is 490 g/mol. The summed E-state index contributed by atoms with van der Waals surface area (Å²) >= 11 is 0. The van der Waals surface area contributed by atoms with Crippen LogP contribution in [0.1, 0.15) is 24.4 Å². The molecule has 3 aliphatic rings. The number of methoxy groups -OCH3 is 1. The van der Waals surface area contributed by atoms with E-state index in [2.05, 4.69) is 26.2 Å². The molecule has 0 amide bonds. The summed E-state index contributed by atoms with van der Waals surface area (Å²) in [6, 6.07) is 11.4. The van der Waals surface area contributed by atoms with Gasteiger partial charge in [-0.05, 0) is 30.2 Å². The summed E-state index contributed by atoms with van der Waals surface area (Å²) in [5.41, 5.74) is 4.33. The van der Waals surface area contributed by atoms with Crippen molar-refractivity contribution in [1.82, 2.24) is 34.3 Å². The average Bonchev–Trinajstić information content (AvgIpc) is 3.69. The van der Waals surface area contributed by atoms with E-state index < -0.39 is 13.5 Å². The molecule has 0 spiro atoms. The first-order valence-electron chi connectivity index (χ1n) is 15.0. The highest BCUT2D eigenvalue weighted by Crippen LogP contribution is 2.37. The summed E-state index contributed by atoms with van der Waals surface area (Å²) in [6.07, 6.45) is 10.4. The van der Waals surface area contributed by atoms with Gasteiger partial charge in [0.05, 0.1) is 30.6 Å². The molecule has 5 aromatic rings. The van der Waals surface area contributed by atoms with Crippen molar-refractivity contribution in [3.63, 3.8) is 0 Å². The van der Waals surface area contributed by atoms with Gasteiger partial charge in [0.15, 0.2) is 0 Å². The van der Waals surface area contributed by atoms with Crippen molar-refractivity contribution in [1.29, 1.82) is 5.26 Å². The molecular formula is C29H27N9O. The van der Waals surface area contributed by atoms with Crippen LogP contribution in [0.25, 0.3) is 27.8 Å². The number of aromatic nitrogens is 6. The second-order valence-electron chi connectivity index (χ2n) is 9.74. The number of aryl methyl sites for hydroxylation is 1. The number of nitrogens with zero attached hydrogens (tertiary/aromatic N) is 9. The van der Waals surface area contributed by atoms with Gasteiger partial charge in [0, 0.05) is 98.6 Å². The Morgan fingerprint density at radius 2 is 1.92 bits per heavy atom. The molecule has 0 N–H and O–H groups in total. The Kier molecular flexibility index (Phi) is 4.37. The SMILES string of the molecule is [2H]C([2H])(c1ccc(OC)nc1)N1C2CC1CN(c1ccc(-c3cc(-c4cnn(C([2H])([2H])[2H])c4)cn4ncc(C#N)c34)cn1)C2. The van der Waals surface area contributed by atoms with E-state index in [0.29, 0.717) is 46.7 Å². The Bertz CT molecular complexity index is 1880. The maximum absolute atomic E-state index is 9.75. The van der Waals surface area contributed by atoms with Crippen LogP contribution in [0, 0.1) is 11.3 Å². The van der Waals surface area contributed by atoms with E-state index in [1.165, 1.54) is 31.9 Å². The molecule has 0 saturated carbocycles. The molecule has 3 aliphatic heterocycles. The van der Waals surface area contributed by atoms with Crippen LogP contribution in [-0.2, 0) is 13.5 Å². The minimum Gasteiger partial charge on any atom is -0.481 e. The van der Waals surface area contributed by atoms with Gasteiger partial charge >= 0.3 is 0 Å². The minimum absolute atomic E-state index is 0.0319. The summed E-state index contributed by atoms with van der Waals surface area (Å²) in [6.45, 7) is -2.77. The van der Waals surface area contributed by atoms with Gasteiger partial charge in [0.2, 0.25) is 5.88 Å². The van der Waals surface area contributed by atoms with E-state index in [0.717, 1.165) is 28.0 Å². The van der Waals surface area contributed by atoms with Crippen LogP contribution >= 0.6 is 0 Å². The first kappa shape index (κ1) is 18.5. The van der Waals surface area contributed by atoms with Crippen LogP contribution in [0.2, 0.25) is 0 Å². The van der Waals surface area contributed by atoms with E-state index >= 15 is 0 Å². The van der Waals surface area contributed by atoms with E-state index in [4.69, 9.17) is 16.6 Å². The van der Waals surface area contributed by atoms with Gasteiger partial charge in [-0.15, -0.1) is 0 Å². The third-order valence-electron chi connectivity index (χ3n) is 7.43. The molecule has 10 heteroatoms. The van der Waals surface area contributed by atoms with Gasteiger partial charge in [-0.2, -0.15) is 15.5 Å². The van der Waals surface area contributed by atoms with Gasteiger partial charge in [-0.1, -0.05) is 6.07 Å². The van der Waals surface area contributed by atoms with Crippen LogP contribution in [0.4, 0.5) is 5.82 Å². The van der Waals surface area contributed by atoms with E-state index in [-0.39, 0.29) is 12.1 Å². The first-order chi connectivity index (χ1) is 21.1. The summed E-state index contributed by atoms with van der Waals surface area (Å²) < 4.78 is 48.3. The molecule has 0 aliphatic carbocycles. The molecule has 39 heavy (non-hydrogen) atoms. The van der Waals surface area contributed by atoms with E-state index in [1.54, 1.807) is 29.0 Å². The van der Waals surface area contributed by atoms with Gasteiger partial charge < -0.3 is 9.64 Å². The molecule has 3 fully saturated rings. The standard InChI is InChI=1S/C29H27N9O/c1-35-15-23(13-33-35)21-7-26(29-22(9-30)12-34-38(29)16-21)20-4-5-27(31-11-20)36-17-24-8-25(18-36)37(24)14-19-3-6-28(39-2)32-10-19/h3-7,10-13,15-16,24-25H,8,14,17-18H2,1-2H3/i1D3,14D2. The van der Waals surface area contributed by atoms with Crippen LogP contribution < -0.4 is 9.64 Å². The molecule has 10 nitrogen and oxygen atoms in total. The number of ether oxygens (including phenoxy) is 1. The zero-order valence-electron chi connectivity index (χ0n) is 26.1. The lowest BCUT2D eigenvalue weighted by atomic mass is 9.87. The second kappa shape index (κ2) is 9.22. The lowest BCUT2D eigenvalue weighted by Gasteiger charge is -2.56. The third-order valence-corrected chi connectivity index (χ3v) is 7.43. The average molecular weight is 523 g/mol. The number of pyridine rings is 3. The Morgan fingerprint density at radius 1 is 1.03 bits per heavy atom. The molecule has 2 atom stereocenters. The highest BCUT2D eigenvalue weighted by Gasteiger charge is 2.44. The lowest BCUT2D eigenvalue weighted by molar-refractivity contribution is -0.00876. The van der Waals surface area contributed by atoms with E-state index in [9.17, 15) is 5.26 Å². The largest absolute Gasteiger partial charge is 0.481 e. The first-order valence-corrected chi connectivity index (χ1v) is 12.5. The highest BCUT2D eigenvalue weighted by molar-refractivity contribution is 5.87. The molecule has 3 saturated heterocycles. The third kappa shape index (κ3) is 4.08. The van der Waals surface area contributed by atoms with Crippen molar-refractivity contribution in [3.8, 4) is 34.2 Å². The number of anilines is 1. The van der Waals surface area contributed by atoms with Crippen molar-refractivity contribution in [2.24, 2.45) is 6.98 Å². The van der Waals surface area contributed by atoms with E-state index in [1.807, 2.05) is 23.1 Å². The molecule has 194 valence electrons. The Hall–Kier alpha value is -4.75. The van der Waals surface area contributed by atoms with Crippen molar-refractivity contribution >= 4 is 11.3 Å². The van der Waals surface area contributed by atoms with Crippen LogP contribution in [0.15, 0.2) is 67.5 Å². The number of rotatable bonds is 6. The predicted octanol–water partition coefficient (Wildman–Crippen LogP) is 3.54. The van der Waals surface area contributed by atoms with Crippen LogP contribution in [-0.4, -0.2) is 66.5 Å². The topological polar surface area (TPSA) is 100 Å². The molecule has 2 unspecified atom stereocenters.